The van der Waals surface area contributed by atoms with Crippen molar-refractivity contribution in [1.29, 1.82) is 0 Å². The number of fused-ring (bicyclic) bond motifs is 2. The summed E-state index contributed by atoms with van der Waals surface area (Å²) < 4.78 is 17.2. The average molecular weight is 421 g/mol. The Morgan fingerprint density at radius 1 is 1.03 bits per heavy atom. The van der Waals surface area contributed by atoms with Gasteiger partial charge < -0.3 is 19.2 Å². The van der Waals surface area contributed by atoms with Crippen molar-refractivity contribution < 1.29 is 18.7 Å². The number of carbonyl (C=O) groups excluding carboxylic acids is 1. The van der Waals surface area contributed by atoms with E-state index in [1.807, 2.05) is 32.0 Å². The first-order chi connectivity index (χ1) is 14.9. The Hall–Kier alpha value is -3.28. The summed E-state index contributed by atoms with van der Waals surface area (Å²) in [7, 11) is 1.58. The van der Waals surface area contributed by atoms with Crippen molar-refractivity contribution in [2.24, 2.45) is 0 Å². The van der Waals surface area contributed by atoms with Crippen molar-refractivity contribution in [1.82, 2.24) is 5.32 Å². The van der Waals surface area contributed by atoms with Gasteiger partial charge in [0.25, 0.3) is 5.91 Å². The molecule has 0 saturated heterocycles. The first-order valence-electron chi connectivity index (χ1n) is 10.6. The third-order valence-corrected chi connectivity index (χ3v) is 5.84. The van der Waals surface area contributed by atoms with E-state index in [9.17, 15) is 9.59 Å². The van der Waals surface area contributed by atoms with Crippen LogP contribution in [0.5, 0.6) is 11.5 Å². The number of carbonyl (C=O) groups is 1. The van der Waals surface area contributed by atoms with Crippen LogP contribution < -0.4 is 20.2 Å². The van der Waals surface area contributed by atoms with E-state index in [1.54, 1.807) is 19.2 Å². The van der Waals surface area contributed by atoms with E-state index in [1.165, 1.54) is 0 Å². The molecular weight excluding hydrogens is 394 g/mol. The van der Waals surface area contributed by atoms with E-state index in [0.29, 0.717) is 34.6 Å². The maximum Gasteiger partial charge on any atom is 0.288 e. The number of ether oxygens (including phenoxy) is 2. The summed E-state index contributed by atoms with van der Waals surface area (Å²) in [5.41, 5.74) is 3.31. The molecule has 1 aromatic heterocycles. The number of nitrogens with one attached hydrogen (secondary N) is 1. The molecule has 1 unspecified atom stereocenters. The zero-order chi connectivity index (χ0) is 22.1. The summed E-state index contributed by atoms with van der Waals surface area (Å²) in [6, 6.07) is 8.50. The Kier molecular flexibility index (Phi) is 5.72. The Morgan fingerprint density at radius 2 is 1.81 bits per heavy atom. The maximum atomic E-state index is 13.3. The van der Waals surface area contributed by atoms with Crippen molar-refractivity contribution in [2.75, 3.05) is 13.7 Å². The molecule has 6 heteroatoms. The van der Waals surface area contributed by atoms with E-state index in [-0.39, 0.29) is 11.2 Å². The maximum absolute atomic E-state index is 13.3. The standard InChI is InChI=1S/C25H27NO5/c1-5-6-7-10-30-18-9-8-16(13-20(18)29-4)22-21-23(27)17-11-14(2)15(3)12-19(17)31-24(21)25(28)26-22/h8-9,11-13,22H,5-7,10H2,1-4H3,(H,26,28). The molecule has 1 N–H and O–H groups in total. The van der Waals surface area contributed by atoms with E-state index in [2.05, 4.69) is 12.2 Å². The number of aryl methyl sites for hydroxylation is 2. The van der Waals surface area contributed by atoms with Crippen LogP contribution in [0.15, 0.2) is 39.5 Å². The molecule has 162 valence electrons. The van der Waals surface area contributed by atoms with Crippen LogP contribution in [0.2, 0.25) is 0 Å². The van der Waals surface area contributed by atoms with Gasteiger partial charge in [0.2, 0.25) is 5.76 Å². The van der Waals surface area contributed by atoms with Crippen LogP contribution in [0.3, 0.4) is 0 Å². The van der Waals surface area contributed by atoms with E-state index in [0.717, 1.165) is 36.0 Å². The number of hydrogen-bond donors (Lipinski definition) is 1. The molecule has 0 spiro atoms. The smallest absolute Gasteiger partial charge is 0.288 e. The number of benzene rings is 2. The highest BCUT2D eigenvalue weighted by Crippen LogP contribution is 2.36. The lowest BCUT2D eigenvalue weighted by Gasteiger charge is -2.16. The molecule has 2 heterocycles. The predicted molar refractivity (Wildman–Crippen MR) is 119 cm³/mol. The van der Waals surface area contributed by atoms with Crippen molar-refractivity contribution in [3.8, 4) is 11.5 Å². The Bertz CT molecular complexity index is 1210. The minimum Gasteiger partial charge on any atom is -0.493 e. The lowest BCUT2D eigenvalue weighted by Crippen LogP contribution is -2.22. The van der Waals surface area contributed by atoms with Crippen LogP contribution >= 0.6 is 0 Å². The Morgan fingerprint density at radius 3 is 2.55 bits per heavy atom. The largest absolute Gasteiger partial charge is 0.493 e. The quantitative estimate of drug-likeness (QED) is 0.554. The number of unbranched alkanes of at least 4 members (excludes halogenated alkanes) is 2. The highest BCUT2D eigenvalue weighted by atomic mass is 16.5. The van der Waals surface area contributed by atoms with Crippen molar-refractivity contribution in [3.63, 3.8) is 0 Å². The highest BCUT2D eigenvalue weighted by molar-refractivity contribution is 5.99. The van der Waals surface area contributed by atoms with Crippen LogP contribution in [0.4, 0.5) is 0 Å². The molecule has 1 aliphatic heterocycles. The summed E-state index contributed by atoms with van der Waals surface area (Å²) in [4.78, 5) is 26.0. The fraction of sp³-hybridized carbons (Fsp3) is 0.360. The van der Waals surface area contributed by atoms with Gasteiger partial charge in [-0.15, -0.1) is 0 Å². The highest BCUT2D eigenvalue weighted by Gasteiger charge is 2.36. The molecule has 3 aromatic rings. The van der Waals surface area contributed by atoms with E-state index < -0.39 is 11.9 Å². The van der Waals surface area contributed by atoms with Gasteiger partial charge in [0.05, 0.1) is 30.7 Å². The molecule has 0 radical (unpaired) electrons. The normalized spacial score (nSPS) is 15.1. The van der Waals surface area contributed by atoms with Gasteiger partial charge in [0.15, 0.2) is 16.9 Å². The summed E-state index contributed by atoms with van der Waals surface area (Å²) in [5.74, 6) is 0.887. The first kappa shape index (κ1) is 21.0. The fourth-order valence-corrected chi connectivity index (χ4v) is 3.93. The second kappa shape index (κ2) is 8.46. The topological polar surface area (TPSA) is 77.8 Å². The van der Waals surface area contributed by atoms with Gasteiger partial charge in [-0.05, 0) is 61.2 Å². The van der Waals surface area contributed by atoms with Gasteiger partial charge >= 0.3 is 0 Å². The summed E-state index contributed by atoms with van der Waals surface area (Å²) in [6.45, 7) is 6.65. The van der Waals surface area contributed by atoms with Crippen molar-refractivity contribution in [3.05, 3.63) is 68.6 Å². The minimum atomic E-state index is -0.604. The third kappa shape index (κ3) is 3.78. The first-order valence-corrected chi connectivity index (χ1v) is 10.6. The number of amides is 1. The molecule has 1 amide bonds. The lowest BCUT2D eigenvalue weighted by atomic mass is 9.98. The summed E-state index contributed by atoms with van der Waals surface area (Å²) in [6.07, 6.45) is 3.20. The molecule has 1 aliphatic rings. The molecule has 0 fully saturated rings. The zero-order valence-corrected chi connectivity index (χ0v) is 18.3. The molecular formula is C25H27NO5. The molecule has 0 bridgehead atoms. The molecule has 1 atom stereocenters. The molecule has 4 rings (SSSR count). The second-order valence-corrected chi connectivity index (χ2v) is 7.98. The van der Waals surface area contributed by atoms with Crippen LogP contribution in [0.1, 0.15) is 65.0 Å². The van der Waals surface area contributed by atoms with Crippen LogP contribution in [-0.2, 0) is 0 Å². The lowest BCUT2D eigenvalue weighted by molar-refractivity contribution is 0.0938. The number of rotatable bonds is 7. The van der Waals surface area contributed by atoms with Gasteiger partial charge in [0.1, 0.15) is 5.58 Å². The van der Waals surface area contributed by atoms with Gasteiger partial charge in [-0.2, -0.15) is 0 Å². The van der Waals surface area contributed by atoms with E-state index >= 15 is 0 Å². The van der Waals surface area contributed by atoms with Crippen LogP contribution in [-0.4, -0.2) is 19.6 Å². The Balaban J connectivity index is 1.74. The van der Waals surface area contributed by atoms with Gasteiger partial charge in [-0.1, -0.05) is 25.8 Å². The summed E-state index contributed by atoms with van der Waals surface area (Å²) in [5, 5.41) is 3.36. The average Bonchev–Trinajstić information content (AvgIpc) is 3.09. The molecule has 6 nitrogen and oxygen atoms in total. The number of methoxy groups -OCH3 is 1. The molecule has 2 aromatic carbocycles. The van der Waals surface area contributed by atoms with E-state index in [4.69, 9.17) is 13.9 Å². The second-order valence-electron chi connectivity index (χ2n) is 7.98. The van der Waals surface area contributed by atoms with Crippen LogP contribution in [0.25, 0.3) is 11.0 Å². The summed E-state index contributed by atoms with van der Waals surface area (Å²) >= 11 is 0. The fourth-order valence-electron chi connectivity index (χ4n) is 3.93. The third-order valence-electron chi connectivity index (χ3n) is 5.84. The van der Waals surface area contributed by atoms with Gasteiger partial charge in [-0.25, -0.2) is 0 Å². The van der Waals surface area contributed by atoms with Crippen molar-refractivity contribution in [2.45, 2.75) is 46.1 Å². The van der Waals surface area contributed by atoms with Crippen LogP contribution in [0, 0.1) is 13.8 Å². The van der Waals surface area contributed by atoms with Gasteiger partial charge in [0, 0.05) is 0 Å². The SMILES string of the molecule is CCCCCOc1ccc(C2NC(=O)c3oc4cc(C)c(C)cc4c(=O)c32)cc1OC. The zero-order valence-electron chi connectivity index (χ0n) is 18.3. The predicted octanol–water partition coefficient (Wildman–Crippen LogP) is 4.82. The minimum absolute atomic E-state index is 0.0737. The molecule has 0 saturated carbocycles. The monoisotopic (exact) mass is 421 g/mol. The number of hydrogen-bond acceptors (Lipinski definition) is 5. The molecule has 31 heavy (non-hydrogen) atoms. The van der Waals surface area contributed by atoms with Gasteiger partial charge in [-0.3, -0.25) is 9.59 Å². The molecule has 0 aliphatic carbocycles. The Labute approximate surface area is 181 Å². The van der Waals surface area contributed by atoms with Crippen molar-refractivity contribution >= 4 is 16.9 Å².